The van der Waals surface area contributed by atoms with Crippen molar-refractivity contribution >= 4 is 11.5 Å². The number of carbonyl (C=O) groups is 1. The Morgan fingerprint density at radius 3 is 2.52 bits per heavy atom. The number of nitrogens with zero attached hydrogens (tertiary/aromatic N) is 1. The highest BCUT2D eigenvalue weighted by Gasteiger charge is 2.63. The van der Waals surface area contributed by atoms with Crippen LogP contribution in [0.25, 0.3) is 0 Å². The van der Waals surface area contributed by atoms with Crippen LogP contribution in [0.5, 0.6) is 0 Å². The van der Waals surface area contributed by atoms with Gasteiger partial charge in [-0.25, -0.2) is 0 Å². The van der Waals surface area contributed by atoms with Crippen LogP contribution in [0.15, 0.2) is 47.1 Å². The molecule has 0 heterocycles. The van der Waals surface area contributed by atoms with Crippen LogP contribution in [0.4, 0.5) is 5.69 Å². The van der Waals surface area contributed by atoms with Gasteiger partial charge in [0.25, 0.3) is 0 Å². The summed E-state index contributed by atoms with van der Waals surface area (Å²) in [6.07, 6.45) is 8.94. The molecule has 0 aliphatic heterocycles. The molecule has 33 heavy (non-hydrogen) atoms. The molecule has 1 aromatic rings. The lowest BCUT2D eigenvalue weighted by Crippen LogP contribution is -2.52. The number of rotatable bonds is 3. The molecule has 0 amide bonds. The first kappa shape index (κ1) is 22.5. The number of anilines is 1. The van der Waals surface area contributed by atoms with Gasteiger partial charge >= 0.3 is 0 Å². The molecule has 0 spiro atoms. The van der Waals surface area contributed by atoms with Gasteiger partial charge in [0.05, 0.1) is 0 Å². The molecule has 2 saturated carbocycles. The quantitative estimate of drug-likeness (QED) is 0.532. The number of ether oxygens (including phenoxy) is 1. The molecule has 1 unspecified atom stereocenters. The summed E-state index contributed by atoms with van der Waals surface area (Å²) in [4.78, 5) is 14.4. The Bertz CT molecular complexity index is 1080. The molecule has 0 saturated heterocycles. The maximum absolute atomic E-state index is 12.2. The van der Waals surface area contributed by atoms with E-state index in [-0.39, 0.29) is 11.0 Å². The SMILES string of the molecule is CC#C[C@]1(OC)CC[C@H]2[C@@H]3CCC4=CC(=O)CCC4=C3[C@@H](c3ccc(N(C)C)cc3)CC21C. The molecule has 0 radical (unpaired) electrons. The standard InChI is InChI=1S/C30H37NO2/c1-6-16-30(33-5)17-15-27-25-13-9-21-18-23(32)12-14-24(21)28(25)26(19-29(27,30)2)20-7-10-22(11-8-20)31(3)4/h7-8,10-11,18,25-27H,9,12-15,17,19H2,1-5H3/t25-,26+,27-,29?,30-/m0/s1. The first-order valence-corrected chi connectivity index (χ1v) is 12.6. The second-order valence-corrected chi connectivity index (χ2v) is 10.9. The Kier molecular flexibility index (Phi) is 5.57. The van der Waals surface area contributed by atoms with E-state index in [4.69, 9.17) is 4.74 Å². The third kappa shape index (κ3) is 3.33. The molecular weight excluding hydrogens is 406 g/mol. The van der Waals surface area contributed by atoms with Gasteiger partial charge in [0.15, 0.2) is 5.78 Å². The Morgan fingerprint density at radius 2 is 1.85 bits per heavy atom. The van der Waals surface area contributed by atoms with Crippen molar-refractivity contribution < 1.29 is 9.53 Å². The van der Waals surface area contributed by atoms with E-state index in [0.29, 0.717) is 30.0 Å². The third-order valence-corrected chi connectivity index (χ3v) is 9.34. The van der Waals surface area contributed by atoms with E-state index in [1.54, 1.807) is 5.57 Å². The lowest BCUT2D eigenvalue weighted by molar-refractivity contribution is -0.114. The maximum atomic E-state index is 12.2. The van der Waals surface area contributed by atoms with Crippen molar-refractivity contribution in [1.82, 2.24) is 0 Å². The van der Waals surface area contributed by atoms with Crippen LogP contribution in [0.3, 0.4) is 0 Å². The van der Waals surface area contributed by atoms with E-state index in [9.17, 15) is 4.79 Å². The molecule has 3 heteroatoms. The number of carbonyl (C=O) groups excluding carboxylic acids is 1. The van der Waals surface area contributed by atoms with Crippen molar-refractivity contribution in [2.45, 2.75) is 70.3 Å². The maximum Gasteiger partial charge on any atom is 0.156 e. The molecule has 0 aromatic heterocycles. The van der Waals surface area contributed by atoms with E-state index in [0.717, 1.165) is 32.1 Å². The number of ketones is 1. The number of methoxy groups -OCH3 is 1. The first-order valence-electron chi connectivity index (χ1n) is 12.6. The first-order chi connectivity index (χ1) is 15.8. The van der Waals surface area contributed by atoms with Gasteiger partial charge in [-0.15, -0.1) is 5.92 Å². The summed E-state index contributed by atoms with van der Waals surface area (Å²) in [5.41, 5.74) is 6.72. The fourth-order valence-corrected chi connectivity index (χ4v) is 7.75. The summed E-state index contributed by atoms with van der Waals surface area (Å²) in [5.74, 6) is 8.56. The monoisotopic (exact) mass is 443 g/mol. The van der Waals surface area contributed by atoms with Crippen LogP contribution in [0.1, 0.15) is 70.3 Å². The van der Waals surface area contributed by atoms with E-state index in [2.05, 4.69) is 62.0 Å². The van der Waals surface area contributed by atoms with Crippen LogP contribution in [0, 0.1) is 29.1 Å². The molecule has 3 nitrogen and oxygen atoms in total. The lowest BCUT2D eigenvalue weighted by Gasteiger charge is -2.54. The zero-order valence-corrected chi connectivity index (χ0v) is 20.8. The zero-order valence-electron chi connectivity index (χ0n) is 20.8. The van der Waals surface area contributed by atoms with Crippen molar-refractivity contribution in [1.29, 1.82) is 0 Å². The minimum atomic E-state index is -0.372. The average Bonchev–Trinajstić information content (AvgIpc) is 3.10. The predicted molar refractivity (Wildman–Crippen MR) is 134 cm³/mol. The van der Waals surface area contributed by atoms with Crippen molar-refractivity contribution in [3.05, 3.63) is 52.6 Å². The summed E-state index contributed by atoms with van der Waals surface area (Å²) in [5, 5.41) is 0. The van der Waals surface area contributed by atoms with Gasteiger partial charge in [-0.1, -0.05) is 30.6 Å². The van der Waals surface area contributed by atoms with Gasteiger partial charge in [-0.3, -0.25) is 4.79 Å². The Morgan fingerprint density at radius 1 is 1.09 bits per heavy atom. The highest BCUT2D eigenvalue weighted by atomic mass is 16.5. The molecule has 0 N–H and O–H groups in total. The van der Waals surface area contributed by atoms with Crippen LogP contribution >= 0.6 is 0 Å². The smallest absolute Gasteiger partial charge is 0.156 e. The average molecular weight is 444 g/mol. The second-order valence-electron chi connectivity index (χ2n) is 10.9. The molecule has 5 atom stereocenters. The number of fused-ring (bicyclic) bond motifs is 4. The van der Waals surface area contributed by atoms with Gasteiger partial charge < -0.3 is 9.64 Å². The Balaban J connectivity index is 1.68. The molecule has 2 fully saturated rings. The van der Waals surface area contributed by atoms with Gasteiger partial charge in [0.1, 0.15) is 5.60 Å². The van der Waals surface area contributed by atoms with Crippen LogP contribution < -0.4 is 4.90 Å². The topological polar surface area (TPSA) is 29.5 Å². The van der Waals surface area contributed by atoms with Gasteiger partial charge in [0, 0.05) is 44.6 Å². The Labute approximate surface area is 199 Å². The predicted octanol–water partition coefficient (Wildman–Crippen LogP) is 6.06. The zero-order chi connectivity index (χ0) is 23.4. The highest BCUT2D eigenvalue weighted by Crippen LogP contribution is 2.67. The molecular formula is C30H37NO2. The molecule has 5 rings (SSSR count). The summed E-state index contributed by atoms with van der Waals surface area (Å²) in [6.45, 7) is 4.40. The minimum absolute atomic E-state index is 0.01000. The lowest BCUT2D eigenvalue weighted by atomic mass is 9.51. The van der Waals surface area contributed by atoms with Crippen molar-refractivity contribution in [2.75, 3.05) is 26.1 Å². The Hall–Kier alpha value is -2.31. The summed E-state index contributed by atoms with van der Waals surface area (Å²) >= 11 is 0. The summed E-state index contributed by atoms with van der Waals surface area (Å²) < 4.78 is 6.29. The fourth-order valence-electron chi connectivity index (χ4n) is 7.75. The van der Waals surface area contributed by atoms with Gasteiger partial charge in [0.2, 0.25) is 0 Å². The number of hydrogen-bond donors (Lipinski definition) is 0. The van der Waals surface area contributed by atoms with Crippen molar-refractivity contribution in [2.24, 2.45) is 17.3 Å². The number of benzene rings is 1. The van der Waals surface area contributed by atoms with E-state index < -0.39 is 0 Å². The highest BCUT2D eigenvalue weighted by molar-refractivity contribution is 5.93. The van der Waals surface area contributed by atoms with Crippen molar-refractivity contribution in [3.63, 3.8) is 0 Å². The number of allylic oxidation sites excluding steroid dienone is 4. The van der Waals surface area contributed by atoms with Gasteiger partial charge in [-0.05, 0) is 92.2 Å². The van der Waals surface area contributed by atoms with E-state index >= 15 is 0 Å². The van der Waals surface area contributed by atoms with Crippen molar-refractivity contribution in [3.8, 4) is 11.8 Å². The van der Waals surface area contributed by atoms with Gasteiger partial charge in [-0.2, -0.15) is 0 Å². The van der Waals surface area contributed by atoms with Crippen LogP contribution in [-0.2, 0) is 9.53 Å². The second kappa shape index (κ2) is 8.17. The normalized spacial score (nSPS) is 35.1. The van der Waals surface area contributed by atoms with E-state index in [1.807, 2.05) is 20.1 Å². The largest absolute Gasteiger partial charge is 0.378 e. The molecule has 1 aromatic carbocycles. The summed E-state index contributed by atoms with van der Waals surface area (Å²) in [6, 6.07) is 9.15. The number of hydrogen-bond acceptors (Lipinski definition) is 3. The van der Waals surface area contributed by atoms with E-state index in [1.165, 1.54) is 28.8 Å². The molecule has 0 bridgehead atoms. The fraction of sp³-hybridized carbons (Fsp3) is 0.567. The minimum Gasteiger partial charge on any atom is -0.378 e. The van der Waals surface area contributed by atoms with Crippen LogP contribution in [0.2, 0.25) is 0 Å². The molecule has 4 aliphatic carbocycles. The third-order valence-electron chi connectivity index (χ3n) is 9.34. The summed E-state index contributed by atoms with van der Waals surface area (Å²) in [7, 11) is 6.04. The molecule has 174 valence electrons. The molecule has 4 aliphatic rings. The van der Waals surface area contributed by atoms with Crippen LogP contribution in [-0.4, -0.2) is 32.6 Å².